The molecule has 8 heteroatoms. The molecule has 0 aliphatic rings. The first-order valence-electron chi connectivity index (χ1n) is 22.5. The predicted molar refractivity (Wildman–Crippen MR) is 280 cm³/mol. The minimum atomic E-state index is 0.440. The Kier molecular flexibility index (Phi) is 8.85. The van der Waals surface area contributed by atoms with Crippen molar-refractivity contribution in [2.45, 2.75) is 0 Å². The maximum Gasteiger partial charge on any atom is 0.211 e. The molecule has 318 valence electrons. The summed E-state index contributed by atoms with van der Waals surface area (Å²) >= 11 is 0. The van der Waals surface area contributed by atoms with Crippen molar-refractivity contribution in [3.63, 3.8) is 0 Å². The third-order valence-corrected chi connectivity index (χ3v) is 13.3. The zero-order valence-corrected chi connectivity index (χ0v) is 36.7. The number of fused-ring (bicyclic) bond motifs is 9. The molecule has 4 aromatic heterocycles. The van der Waals surface area contributed by atoms with Crippen LogP contribution in [0.4, 0.5) is 17.1 Å². The minimum absolute atomic E-state index is 0.440. The third kappa shape index (κ3) is 6.20. The summed E-state index contributed by atoms with van der Waals surface area (Å²) in [5.41, 5.74) is 14.2. The fourth-order valence-corrected chi connectivity index (χ4v) is 10.2. The van der Waals surface area contributed by atoms with Crippen LogP contribution in [-0.4, -0.2) is 23.7 Å². The highest BCUT2D eigenvalue weighted by Crippen LogP contribution is 2.42. The van der Waals surface area contributed by atoms with E-state index < -0.39 is 0 Å². The highest BCUT2D eigenvalue weighted by molar-refractivity contribution is 6.14. The fraction of sp³-hybridized carbons (Fsp3) is 0. The molecule has 0 atom stereocenters. The van der Waals surface area contributed by atoms with Crippen LogP contribution in [0.25, 0.3) is 131 Å². The van der Waals surface area contributed by atoms with Crippen molar-refractivity contribution in [1.82, 2.24) is 23.7 Å². The van der Waals surface area contributed by atoms with Gasteiger partial charge in [-0.2, -0.15) is 0 Å². The van der Waals surface area contributed by atoms with E-state index in [4.69, 9.17) is 29.7 Å². The summed E-state index contributed by atoms with van der Waals surface area (Å²) in [4.78, 5) is 21.5. The van der Waals surface area contributed by atoms with E-state index in [2.05, 4.69) is 162 Å². The molecule has 69 heavy (non-hydrogen) atoms. The summed E-state index contributed by atoms with van der Waals surface area (Å²) in [6, 6.07) is 70.1. The van der Waals surface area contributed by atoms with Gasteiger partial charge in [-0.1, -0.05) is 115 Å². The summed E-state index contributed by atoms with van der Waals surface area (Å²) in [7, 11) is 0. The Morgan fingerprint density at radius 3 is 1.23 bits per heavy atom. The van der Waals surface area contributed by atoms with Crippen LogP contribution < -0.4 is 0 Å². The van der Waals surface area contributed by atoms with Gasteiger partial charge in [0.25, 0.3) is 0 Å². The monoisotopic (exact) mass is 878 g/mol. The number of para-hydroxylation sites is 4. The van der Waals surface area contributed by atoms with Crippen molar-refractivity contribution in [3.05, 3.63) is 241 Å². The molecule has 0 bridgehead atoms. The molecule has 4 heterocycles. The van der Waals surface area contributed by atoms with E-state index in [-0.39, 0.29) is 0 Å². The second kappa shape index (κ2) is 15.5. The second-order valence-corrected chi connectivity index (χ2v) is 17.1. The van der Waals surface area contributed by atoms with Crippen LogP contribution in [0.5, 0.6) is 0 Å². The number of rotatable bonds is 6. The maximum absolute atomic E-state index is 8.69. The van der Waals surface area contributed by atoms with Gasteiger partial charge in [0.1, 0.15) is 0 Å². The molecule has 0 saturated carbocycles. The number of hydrogen-bond donors (Lipinski definition) is 0. The summed E-state index contributed by atoms with van der Waals surface area (Å²) in [6.45, 7) is 24.0. The lowest BCUT2D eigenvalue weighted by Gasteiger charge is -2.14. The van der Waals surface area contributed by atoms with Gasteiger partial charge in [-0.3, -0.25) is 0 Å². The van der Waals surface area contributed by atoms with E-state index in [1.807, 2.05) is 54.6 Å². The molecule has 0 amide bonds. The fourth-order valence-electron chi connectivity index (χ4n) is 10.2. The van der Waals surface area contributed by atoms with Crippen molar-refractivity contribution in [1.29, 1.82) is 0 Å². The van der Waals surface area contributed by atoms with Crippen LogP contribution in [0.3, 0.4) is 0 Å². The number of benzene rings is 9. The van der Waals surface area contributed by atoms with Gasteiger partial charge in [0.15, 0.2) is 17.2 Å². The highest BCUT2D eigenvalue weighted by Gasteiger charge is 2.21. The van der Waals surface area contributed by atoms with E-state index in [0.29, 0.717) is 39.8 Å². The van der Waals surface area contributed by atoms with Gasteiger partial charge in [0.2, 0.25) is 5.69 Å². The Labute approximate surface area is 395 Å². The van der Waals surface area contributed by atoms with E-state index in [1.165, 1.54) is 21.5 Å². The lowest BCUT2D eigenvalue weighted by molar-refractivity contribution is 1.16. The maximum atomic E-state index is 8.69. The molecule has 0 saturated heterocycles. The predicted octanol–water partition coefficient (Wildman–Crippen LogP) is 16.4. The molecule has 0 N–H and O–H groups in total. The van der Waals surface area contributed by atoms with Gasteiger partial charge >= 0.3 is 0 Å². The van der Waals surface area contributed by atoms with Crippen LogP contribution in [0.1, 0.15) is 0 Å². The minimum Gasteiger partial charge on any atom is -0.319 e. The van der Waals surface area contributed by atoms with E-state index in [1.54, 1.807) is 18.2 Å². The first-order chi connectivity index (χ1) is 34.1. The van der Waals surface area contributed by atoms with Crippen LogP contribution >= 0.6 is 0 Å². The van der Waals surface area contributed by atoms with Gasteiger partial charge in [-0.05, 0) is 102 Å². The number of aromatic nitrogens is 5. The Hall–Kier alpha value is -10.1. The molecular weight excluding hydrogens is 845 g/mol. The lowest BCUT2D eigenvalue weighted by Crippen LogP contribution is -1.98. The lowest BCUT2D eigenvalue weighted by atomic mass is 10.0. The standard InChI is InChI=1S/C61H34N8/c1-62-41-16-12-14-38(32-41)51-37-52(66-61(65-51)40-15-13-17-42(33-40)63-2)39-26-29-60(53(34-39)64-3)69-58-30-27-43(67-54-22-8-4-18-45(54)46-19-5-9-23-55(46)67)35-49(58)50-36-44(28-31-59(50)69)68-56-24-10-6-20-47(56)48-21-7-11-25-57(48)68/h4-37H. The summed E-state index contributed by atoms with van der Waals surface area (Å²) in [5.74, 6) is 0.440. The molecule has 9 aromatic carbocycles. The molecule has 0 aliphatic heterocycles. The van der Waals surface area contributed by atoms with Gasteiger partial charge in [0.05, 0.1) is 69.9 Å². The average molecular weight is 879 g/mol. The molecule has 13 aromatic rings. The number of nitrogens with zero attached hydrogens (tertiary/aromatic N) is 8. The largest absolute Gasteiger partial charge is 0.319 e. The van der Waals surface area contributed by atoms with Gasteiger partial charge in [-0.25, -0.2) is 24.5 Å². The Morgan fingerprint density at radius 1 is 0.319 bits per heavy atom. The van der Waals surface area contributed by atoms with Crippen molar-refractivity contribution < 1.29 is 0 Å². The Balaban J connectivity index is 1.04. The summed E-state index contributed by atoms with van der Waals surface area (Å²) in [6.07, 6.45) is 0. The Bertz CT molecular complexity index is 4080. The molecule has 0 radical (unpaired) electrons. The van der Waals surface area contributed by atoms with E-state index in [9.17, 15) is 0 Å². The SMILES string of the molecule is [C-]#[N+]c1cccc(-c2cc(-c3ccc(-n4c5ccc(-n6c7ccccc7c7ccccc76)cc5c5cc(-n6c7ccccc7c7ccccc76)ccc54)c([N+]#[C-])c3)nc(-c3cccc([N+]#[C-])c3)n2)c1. The van der Waals surface area contributed by atoms with Crippen molar-refractivity contribution >= 4 is 82.5 Å². The van der Waals surface area contributed by atoms with Gasteiger partial charge in [-0.15, -0.1) is 0 Å². The zero-order chi connectivity index (χ0) is 46.2. The van der Waals surface area contributed by atoms with Crippen molar-refractivity contribution in [3.8, 4) is 51.0 Å². The first-order valence-corrected chi connectivity index (χ1v) is 22.5. The van der Waals surface area contributed by atoms with Crippen LogP contribution in [-0.2, 0) is 0 Å². The molecule has 0 aliphatic carbocycles. The van der Waals surface area contributed by atoms with Crippen LogP contribution in [0, 0.1) is 19.7 Å². The van der Waals surface area contributed by atoms with E-state index in [0.717, 1.165) is 72.1 Å². The first kappa shape index (κ1) is 39.3. The second-order valence-electron chi connectivity index (χ2n) is 17.1. The average Bonchev–Trinajstić information content (AvgIpc) is 4.05. The topological polar surface area (TPSA) is 53.6 Å². The zero-order valence-electron chi connectivity index (χ0n) is 36.7. The molecular formula is C61H34N8. The van der Waals surface area contributed by atoms with Gasteiger partial charge in [0, 0.05) is 49.3 Å². The smallest absolute Gasteiger partial charge is 0.211 e. The van der Waals surface area contributed by atoms with Gasteiger partial charge < -0.3 is 13.7 Å². The van der Waals surface area contributed by atoms with Crippen molar-refractivity contribution in [2.75, 3.05) is 0 Å². The molecule has 8 nitrogen and oxygen atoms in total. The van der Waals surface area contributed by atoms with Crippen LogP contribution in [0.2, 0.25) is 0 Å². The van der Waals surface area contributed by atoms with Crippen molar-refractivity contribution in [2.24, 2.45) is 0 Å². The third-order valence-electron chi connectivity index (χ3n) is 13.3. The number of hydrogen-bond acceptors (Lipinski definition) is 2. The normalized spacial score (nSPS) is 11.4. The van der Waals surface area contributed by atoms with Crippen LogP contribution in [0.15, 0.2) is 206 Å². The molecule has 13 rings (SSSR count). The highest BCUT2D eigenvalue weighted by atomic mass is 15.0. The molecule has 0 spiro atoms. The molecule has 0 fully saturated rings. The molecule has 0 unspecified atom stereocenters. The summed E-state index contributed by atoms with van der Waals surface area (Å²) in [5, 5.41) is 6.90. The Morgan fingerprint density at radius 2 is 0.754 bits per heavy atom. The quantitative estimate of drug-likeness (QED) is 0.156. The van der Waals surface area contributed by atoms with E-state index >= 15 is 0 Å². The summed E-state index contributed by atoms with van der Waals surface area (Å²) < 4.78 is 6.92.